The first-order chi connectivity index (χ1) is 35.6. The van der Waals surface area contributed by atoms with Crippen molar-refractivity contribution in [1.29, 1.82) is 0 Å². The van der Waals surface area contributed by atoms with E-state index in [1.165, 1.54) is 96.3 Å². The van der Waals surface area contributed by atoms with Crippen molar-refractivity contribution in [3.8, 4) is 0 Å². The highest BCUT2D eigenvalue weighted by Crippen LogP contribution is 2.26. The lowest BCUT2D eigenvalue weighted by Gasteiger charge is -2.40. The number of aliphatic hydroxyl groups excluding tert-OH is 2. The summed E-state index contributed by atoms with van der Waals surface area (Å²) in [5.41, 5.74) is 0. The van der Waals surface area contributed by atoms with Crippen LogP contribution in [0.15, 0.2) is 60.8 Å². The molecule has 6 unspecified atom stereocenters. The number of unbranched alkanes of at least 4 members (excludes halogenated alkanes) is 25. The number of aliphatic hydroxyl groups is 2. The van der Waals surface area contributed by atoms with Crippen molar-refractivity contribution in [2.45, 2.75) is 289 Å². The second-order valence-electron chi connectivity index (χ2n) is 19.9. The first-order valence-electron chi connectivity index (χ1n) is 29.3. The summed E-state index contributed by atoms with van der Waals surface area (Å²) in [5, 5.41) is 31.4. The van der Waals surface area contributed by atoms with E-state index in [0.29, 0.717) is 19.3 Å². The summed E-state index contributed by atoms with van der Waals surface area (Å²) in [4.78, 5) is 51.0. The normalized spacial score (nSPS) is 18.7. The zero-order valence-electron chi connectivity index (χ0n) is 46.1. The van der Waals surface area contributed by atoms with Gasteiger partial charge in [-0.1, -0.05) is 210 Å². The largest absolute Gasteiger partial charge is 0.479 e. The van der Waals surface area contributed by atoms with Crippen molar-refractivity contribution in [3.05, 3.63) is 60.8 Å². The fourth-order valence-electron chi connectivity index (χ4n) is 8.59. The van der Waals surface area contributed by atoms with E-state index >= 15 is 0 Å². The molecule has 3 N–H and O–H groups in total. The van der Waals surface area contributed by atoms with Gasteiger partial charge in [0, 0.05) is 19.3 Å². The van der Waals surface area contributed by atoms with Crippen molar-refractivity contribution in [3.63, 3.8) is 0 Å². The molecule has 1 saturated heterocycles. The van der Waals surface area contributed by atoms with Crippen molar-refractivity contribution in [1.82, 2.24) is 0 Å². The van der Waals surface area contributed by atoms with Crippen LogP contribution in [-0.4, -0.2) is 89.2 Å². The lowest BCUT2D eigenvalue weighted by molar-refractivity contribution is -0.301. The zero-order valence-corrected chi connectivity index (χ0v) is 46.1. The molecule has 6 atom stereocenters. The SMILES string of the molecule is CC/C=C\C/C=C\C/C=C\C/C=C\CCCCC(=O)OCC(COC1OC(C(=O)O)C(O)C(O)C1OC(=O)CCCCCCC/C=C\CCCCCCCC)OC(=O)CCCCCCCCCCCCCCC. The summed E-state index contributed by atoms with van der Waals surface area (Å²) < 4.78 is 28.4. The summed E-state index contributed by atoms with van der Waals surface area (Å²) in [6.45, 7) is 5.84. The summed E-state index contributed by atoms with van der Waals surface area (Å²) >= 11 is 0. The summed E-state index contributed by atoms with van der Waals surface area (Å²) in [5.74, 6) is -3.17. The van der Waals surface area contributed by atoms with Crippen LogP contribution < -0.4 is 0 Å². The molecule has 0 aliphatic carbocycles. The second kappa shape index (κ2) is 49.3. The molecule has 1 heterocycles. The van der Waals surface area contributed by atoms with Crippen LogP contribution in [0.5, 0.6) is 0 Å². The number of carboxylic acid groups (broad SMARTS) is 1. The Labute approximate surface area is 443 Å². The lowest BCUT2D eigenvalue weighted by Crippen LogP contribution is -2.61. The number of rotatable bonds is 49. The maximum Gasteiger partial charge on any atom is 0.335 e. The van der Waals surface area contributed by atoms with Crippen molar-refractivity contribution < 1.29 is 58.2 Å². The molecule has 1 aliphatic heterocycles. The highest BCUT2D eigenvalue weighted by atomic mass is 16.7. The molecular weight excluding hydrogens is 925 g/mol. The van der Waals surface area contributed by atoms with E-state index in [0.717, 1.165) is 96.3 Å². The third kappa shape index (κ3) is 39.5. The van der Waals surface area contributed by atoms with E-state index in [9.17, 15) is 34.5 Å². The van der Waals surface area contributed by atoms with E-state index in [4.69, 9.17) is 23.7 Å². The van der Waals surface area contributed by atoms with Gasteiger partial charge in [-0.3, -0.25) is 14.4 Å². The van der Waals surface area contributed by atoms with Crippen LogP contribution in [0.4, 0.5) is 0 Å². The predicted octanol–water partition coefficient (Wildman–Crippen LogP) is 14.8. The predicted molar refractivity (Wildman–Crippen MR) is 294 cm³/mol. The number of ether oxygens (including phenoxy) is 5. The average molecular weight is 1030 g/mol. The van der Waals surface area contributed by atoms with Crippen LogP contribution in [-0.2, 0) is 42.9 Å². The molecular formula is C61H104O12. The molecule has 73 heavy (non-hydrogen) atoms. The molecule has 0 saturated carbocycles. The number of carbonyl (C=O) groups is 4. The highest BCUT2D eigenvalue weighted by molar-refractivity contribution is 5.74. The Balaban J connectivity index is 2.72. The summed E-state index contributed by atoms with van der Waals surface area (Å²) in [6, 6.07) is 0. The molecule has 1 aliphatic rings. The Bertz CT molecular complexity index is 1500. The molecule has 0 radical (unpaired) electrons. The van der Waals surface area contributed by atoms with E-state index in [-0.39, 0.29) is 25.9 Å². The Kier molecular flexibility index (Phi) is 45.5. The third-order valence-electron chi connectivity index (χ3n) is 13.1. The van der Waals surface area contributed by atoms with Crippen LogP contribution >= 0.6 is 0 Å². The van der Waals surface area contributed by atoms with E-state index in [1.54, 1.807) is 0 Å². The third-order valence-corrected chi connectivity index (χ3v) is 13.1. The van der Waals surface area contributed by atoms with Crippen LogP contribution in [0.2, 0.25) is 0 Å². The van der Waals surface area contributed by atoms with Gasteiger partial charge in [0.2, 0.25) is 0 Å². The minimum absolute atomic E-state index is 0.0470. The summed E-state index contributed by atoms with van der Waals surface area (Å²) in [7, 11) is 0. The van der Waals surface area contributed by atoms with Crippen LogP contribution in [0.1, 0.15) is 252 Å². The monoisotopic (exact) mass is 1030 g/mol. The molecule has 0 spiro atoms. The van der Waals surface area contributed by atoms with Crippen LogP contribution in [0.3, 0.4) is 0 Å². The topological polar surface area (TPSA) is 175 Å². The molecule has 0 bridgehead atoms. The minimum Gasteiger partial charge on any atom is -0.479 e. The Morgan fingerprint density at radius 2 is 0.863 bits per heavy atom. The second-order valence-corrected chi connectivity index (χ2v) is 19.9. The molecule has 12 heteroatoms. The first kappa shape index (κ1) is 67.4. The number of hydrogen-bond acceptors (Lipinski definition) is 11. The lowest BCUT2D eigenvalue weighted by atomic mass is 9.98. The van der Waals surface area contributed by atoms with Gasteiger partial charge >= 0.3 is 23.9 Å². The Hall–Kier alpha value is -3.58. The Morgan fingerprint density at radius 1 is 0.466 bits per heavy atom. The molecule has 0 amide bonds. The number of esters is 3. The minimum atomic E-state index is -1.91. The van der Waals surface area contributed by atoms with E-state index < -0.39 is 67.3 Å². The zero-order chi connectivity index (χ0) is 53.3. The van der Waals surface area contributed by atoms with Gasteiger partial charge in [-0.05, 0) is 83.5 Å². The molecule has 1 rings (SSSR count). The van der Waals surface area contributed by atoms with Gasteiger partial charge in [0.1, 0.15) is 18.8 Å². The quantitative estimate of drug-likeness (QED) is 0.0228. The molecule has 0 aromatic rings. The smallest absolute Gasteiger partial charge is 0.335 e. The maximum absolute atomic E-state index is 13.1. The number of allylic oxidation sites excluding steroid dienone is 10. The number of carbonyl (C=O) groups excluding carboxylic acids is 3. The van der Waals surface area contributed by atoms with Crippen molar-refractivity contribution in [2.24, 2.45) is 0 Å². The van der Waals surface area contributed by atoms with Gasteiger partial charge in [-0.25, -0.2) is 4.79 Å². The maximum atomic E-state index is 13.1. The van der Waals surface area contributed by atoms with Gasteiger partial charge < -0.3 is 39.0 Å². The van der Waals surface area contributed by atoms with Gasteiger partial charge in [-0.2, -0.15) is 0 Å². The molecule has 420 valence electrons. The first-order valence-corrected chi connectivity index (χ1v) is 29.3. The molecule has 1 fully saturated rings. The van der Waals surface area contributed by atoms with Crippen LogP contribution in [0, 0.1) is 0 Å². The van der Waals surface area contributed by atoms with Gasteiger partial charge in [-0.15, -0.1) is 0 Å². The van der Waals surface area contributed by atoms with E-state index in [1.807, 2.05) is 0 Å². The standard InChI is InChI=1S/C61H104O12/c1-4-7-10-13-16-19-22-25-27-30-32-35-38-41-44-47-53(62)69-50-52(71-54(63)48-45-42-39-36-33-29-24-21-18-15-12-9-6-3)51-70-61-59(57(66)56(65)58(73-61)60(67)68)72-55(64)49-46-43-40-37-34-31-28-26-23-20-17-14-11-8-5-2/h7,10,16,19,25-28,32,35,52,56-59,61,65-66H,4-6,8-9,11-15,17-18,20-24,29-31,33-34,36-51H2,1-3H3,(H,67,68)/b10-7-,19-16-,27-25-,28-26-,35-32-. The van der Waals surface area contributed by atoms with Gasteiger partial charge in [0.15, 0.2) is 24.6 Å². The van der Waals surface area contributed by atoms with Gasteiger partial charge in [0.25, 0.3) is 0 Å². The fourth-order valence-corrected chi connectivity index (χ4v) is 8.59. The number of carboxylic acids is 1. The van der Waals surface area contributed by atoms with Crippen LogP contribution in [0.25, 0.3) is 0 Å². The van der Waals surface area contributed by atoms with Crippen molar-refractivity contribution >= 4 is 23.9 Å². The summed E-state index contributed by atoms with van der Waals surface area (Å²) in [6.07, 6.45) is 47.6. The average Bonchev–Trinajstić information content (AvgIpc) is 3.37. The highest BCUT2D eigenvalue weighted by Gasteiger charge is 2.50. The van der Waals surface area contributed by atoms with E-state index in [2.05, 4.69) is 81.5 Å². The fraction of sp³-hybridized carbons (Fsp3) is 0.770. The molecule has 12 nitrogen and oxygen atoms in total. The Morgan fingerprint density at radius 3 is 1.36 bits per heavy atom. The van der Waals surface area contributed by atoms with Crippen molar-refractivity contribution in [2.75, 3.05) is 13.2 Å². The number of hydrogen-bond donors (Lipinski definition) is 3. The molecule has 0 aromatic heterocycles. The number of aliphatic carboxylic acids is 1. The van der Waals surface area contributed by atoms with Gasteiger partial charge in [0.05, 0.1) is 6.61 Å². The molecule has 0 aromatic carbocycles.